The number of fused-ring (bicyclic) bond motifs is 1. The molecule has 4 rings (SSSR count). The number of halogens is 3. The molecule has 2 aromatic heterocycles. The fraction of sp³-hybridized carbons (Fsp3) is 0.435. The molecule has 1 aromatic carbocycles. The quantitative estimate of drug-likeness (QED) is 0.571. The van der Waals surface area contributed by atoms with Crippen LogP contribution in [-0.2, 0) is 22.3 Å². The van der Waals surface area contributed by atoms with Crippen LogP contribution in [0.3, 0.4) is 0 Å². The number of anilines is 2. The third-order valence-corrected chi connectivity index (χ3v) is 6.09. The summed E-state index contributed by atoms with van der Waals surface area (Å²) in [6.45, 7) is 5.45. The van der Waals surface area contributed by atoms with E-state index in [0.717, 1.165) is 5.56 Å². The Morgan fingerprint density at radius 3 is 2.54 bits per heavy atom. The average molecular weight is 490 g/mol. The zero-order valence-corrected chi connectivity index (χ0v) is 19.4. The van der Waals surface area contributed by atoms with Gasteiger partial charge in [-0.15, -0.1) is 15.3 Å². The number of nitrogens with one attached hydrogen (secondary N) is 1. The Bertz CT molecular complexity index is 1220. The lowest BCUT2D eigenvalue weighted by atomic mass is 9.95. The van der Waals surface area contributed by atoms with Crippen LogP contribution in [0.15, 0.2) is 36.4 Å². The van der Waals surface area contributed by atoms with Crippen LogP contribution in [0.2, 0.25) is 0 Å². The highest BCUT2D eigenvalue weighted by atomic mass is 19.4. The maximum Gasteiger partial charge on any atom is 0.453 e. The Hall–Kier alpha value is -3.70. The molecule has 2 amide bonds. The third-order valence-electron chi connectivity index (χ3n) is 6.09. The number of carbonyl (C=O) groups is 2. The number of nitrogens with zero attached hydrogens (tertiary/aromatic N) is 6. The molecule has 3 heterocycles. The molecule has 3 aromatic rings. The van der Waals surface area contributed by atoms with Crippen molar-refractivity contribution in [2.75, 3.05) is 29.9 Å². The van der Waals surface area contributed by atoms with Crippen molar-refractivity contribution in [2.24, 2.45) is 5.92 Å². The maximum absolute atomic E-state index is 13.1. The number of hydrogen-bond acceptors (Lipinski definition) is 6. The smallest absolute Gasteiger partial charge is 0.355 e. The van der Waals surface area contributed by atoms with Crippen LogP contribution >= 0.6 is 0 Å². The number of piperidine rings is 1. The molecule has 0 saturated carbocycles. The van der Waals surface area contributed by atoms with Crippen LogP contribution in [0.4, 0.5) is 24.7 Å². The first kappa shape index (κ1) is 24.4. The van der Waals surface area contributed by atoms with Crippen LogP contribution in [0.5, 0.6) is 0 Å². The van der Waals surface area contributed by atoms with Gasteiger partial charge in [-0.25, -0.2) is 0 Å². The summed E-state index contributed by atoms with van der Waals surface area (Å²) in [6.07, 6.45) is -3.59. The topological polar surface area (TPSA) is 95.7 Å². The Morgan fingerprint density at radius 1 is 1.14 bits per heavy atom. The van der Waals surface area contributed by atoms with E-state index in [2.05, 4.69) is 20.6 Å². The van der Waals surface area contributed by atoms with Crippen molar-refractivity contribution in [3.05, 3.63) is 47.8 Å². The first-order valence-electron chi connectivity index (χ1n) is 11.4. The van der Waals surface area contributed by atoms with E-state index < -0.39 is 12.0 Å². The second kappa shape index (κ2) is 9.88. The van der Waals surface area contributed by atoms with Gasteiger partial charge in [0.15, 0.2) is 5.65 Å². The highest BCUT2D eigenvalue weighted by molar-refractivity contribution is 5.92. The number of rotatable bonds is 6. The number of alkyl halides is 3. The van der Waals surface area contributed by atoms with Crippen LogP contribution in [0, 0.1) is 5.92 Å². The van der Waals surface area contributed by atoms with E-state index in [-0.39, 0.29) is 23.4 Å². The van der Waals surface area contributed by atoms with Crippen molar-refractivity contribution in [1.29, 1.82) is 0 Å². The van der Waals surface area contributed by atoms with E-state index in [1.807, 2.05) is 30.0 Å². The summed E-state index contributed by atoms with van der Waals surface area (Å²) in [7, 11) is 0. The van der Waals surface area contributed by atoms with Crippen LogP contribution < -0.4 is 10.2 Å². The molecule has 35 heavy (non-hydrogen) atoms. The molecule has 0 atom stereocenters. The lowest BCUT2D eigenvalue weighted by Gasteiger charge is -2.32. The number of hydrogen-bond donors (Lipinski definition) is 1. The fourth-order valence-corrected chi connectivity index (χ4v) is 4.15. The molecule has 0 aliphatic carbocycles. The van der Waals surface area contributed by atoms with E-state index in [4.69, 9.17) is 0 Å². The molecule has 12 heteroatoms. The predicted molar refractivity (Wildman–Crippen MR) is 123 cm³/mol. The van der Waals surface area contributed by atoms with Crippen LogP contribution in [0.1, 0.15) is 38.1 Å². The van der Waals surface area contributed by atoms with Gasteiger partial charge in [-0.05, 0) is 49.6 Å². The minimum atomic E-state index is -4.66. The second-order valence-corrected chi connectivity index (χ2v) is 8.47. The van der Waals surface area contributed by atoms with E-state index >= 15 is 0 Å². The highest BCUT2D eigenvalue weighted by Crippen LogP contribution is 2.29. The van der Waals surface area contributed by atoms with E-state index in [1.165, 1.54) is 13.0 Å². The molecule has 1 aliphatic rings. The van der Waals surface area contributed by atoms with E-state index in [9.17, 15) is 22.8 Å². The Labute approximate surface area is 199 Å². The standard InChI is InChI=1S/C23H26F3N7O2/c1-3-31(15(2)34)14-16-5-4-6-18(13-16)27-21(35)17-9-11-32(12-10-17)20-8-7-19-28-29-22(23(24,25)26)33(19)30-20/h4-8,13,17H,3,9-12,14H2,1-2H3,(H,27,35). The first-order valence-corrected chi connectivity index (χ1v) is 11.4. The largest absolute Gasteiger partial charge is 0.453 e. The third kappa shape index (κ3) is 5.52. The normalized spacial score (nSPS) is 14.8. The summed E-state index contributed by atoms with van der Waals surface area (Å²) in [4.78, 5) is 28.1. The average Bonchev–Trinajstić information content (AvgIpc) is 3.26. The first-order chi connectivity index (χ1) is 16.7. The summed E-state index contributed by atoms with van der Waals surface area (Å²) in [6, 6.07) is 10.5. The monoisotopic (exact) mass is 489 g/mol. The van der Waals surface area contributed by atoms with Crippen molar-refractivity contribution >= 4 is 29.0 Å². The van der Waals surface area contributed by atoms with Gasteiger partial charge in [0.05, 0.1) is 0 Å². The van der Waals surface area contributed by atoms with Crippen LogP contribution in [-0.4, -0.2) is 56.2 Å². The van der Waals surface area contributed by atoms with E-state index in [0.29, 0.717) is 55.0 Å². The molecule has 1 fully saturated rings. The van der Waals surface area contributed by atoms with Crippen molar-refractivity contribution in [1.82, 2.24) is 24.7 Å². The second-order valence-electron chi connectivity index (χ2n) is 8.47. The SMILES string of the molecule is CCN(Cc1cccc(NC(=O)C2CCN(c3ccc4nnc(C(F)(F)F)n4n3)CC2)c1)C(C)=O. The molecule has 0 bridgehead atoms. The van der Waals surface area contributed by atoms with Gasteiger partial charge in [0, 0.05) is 44.7 Å². The van der Waals surface area contributed by atoms with Gasteiger partial charge in [-0.1, -0.05) is 12.1 Å². The van der Waals surface area contributed by atoms with Crippen molar-refractivity contribution in [3.8, 4) is 0 Å². The Kier molecular flexibility index (Phi) is 6.90. The Balaban J connectivity index is 1.37. The van der Waals surface area contributed by atoms with Crippen LogP contribution in [0.25, 0.3) is 5.65 Å². The molecule has 1 N–H and O–H groups in total. The van der Waals surface area contributed by atoms with Crippen molar-refractivity contribution in [3.63, 3.8) is 0 Å². The fourth-order valence-electron chi connectivity index (χ4n) is 4.15. The highest BCUT2D eigenvalue weighted by Gasteiger charge is 2.38. The summed E-state index contributed by atoms with van der Waals surface area (Å²) in [5, 5.41) is 13.8. The molecule has 0 radical (unpaired) electrons. The zero-order chi connectivity index (χ0) is 25.2. The predicted octanol–water partition coefficient (Wildman–Crippen LogP) is 3.37. The number of carbonyl (C=O) groups excluding carboxylic acids is 2. The van der Waals surface area contributed by atoms with Gasteiger partial charge in [0.25, 0.3) is 5.82 Å². The minimum Gasteiger partial charge on any atom is -0.355 e. The van der Waals surface area contributed by atoms with Gasteiger partial charge in [-0.3, -0.25) is 9.59 Å². The van der Waals surface area contributed by atoms with E-state index in [1.54, 1.807) is 17.0 Å². The summed E-state index contributed by atoms with van der Waals surface area (Å²) in [5.41, 5.74) is 1.60. The Morgan fingerprint density at radius 2 is 1.89 bits per heavy atom. The zero-order valence-electron chi connectivity index (χ0n) is 19.4. The lowest BCUT2D eigenvalue weighted by Crippen LogP contribution is -2.38. The summed E-state index contributed by atoms with van der Waals surface area (Å²) >= 11 is 0. The molecule has 186 valence electrons. The van der Waals surface area contributed by atoms with Gasteiger partial charge in [0.2, 0.25) is 11.8 Å². The molecule has 1 aliphatic heterocycles. The lowest BCUT2D eigenvalue weighted by molar-refractivity contribution is -0.146. The van der Waals surface area contributed by atoms with Gasteiger partial charge < -0.3 is 15.1 Å². The molecule has 9 nitrogen and oxygen atoms in total. The molecule has 0 spiro atoms. The van der Waals surface area contributed by atoms with Gasteiger partial charge >= 0.3 is 6.18 Å². The maximum atomic E-state index is 13.1. The van der Waals surface area contributed by atoms with Crippen molar-refractivity contribution in [2.45, 2.75) is 39.4 Å². The molecular weight excluding hydrogens is 463 g/mol. The molecular formula is C23H26F3N7O2. The molecule has 1 saturated heterocycles. The van der Waals surface area contributed by atoms with Gasteiger partial charge in [-0.2, -0.15) is 17.7 Å². The number of aromatic nitrogens is 4. The minimum absolute atomic E-state index is 0.0127. The molecule has 0 unspecified atom stereocenters. The number of benzene rings is 1. The summed E-state index contributed by atoms with van der Waals surface area (Å²) in [5.74, 6) is -1.15. The number of amides is 2. The summed E-state index contributed by atoms with van der Waals surface area (Å²) < 4.78 is 40.1. The van der Waals surface area contributed by atoms with Crippen molar-refractivity contribution < 1.29 is 22.8 Å². The van der Waals surface area contributed by atoms with Gasteiger partial charge in [0.1, 0.15) is 5.82 Å².